The molecule has 0 aliphatic rings. The number of methoxy groups -OCH3 is 1. The van der Waals surface area contributed by atoms with Gasteiger partial charge in [0.2, 0.25) is 0 Å². The number of aromatic nitrogens is 1. The van der Waals surface area contributed by atoms with Gasteiger partial charge in [0.15, 0.2) is 0 Å². The van der Waals surface area contributed by atoms with Crippen molar-refractivity contribution in [3.8, 4) is 0 Å². The van der Waals surface area contributed by atoms with Crippen LogP contribution in [0.5, 0.6) is 0 Å². The molecule has 0 saturated carbocycles. The zero-order valence-electron chi connectivity index (χ0n) is 9.92. The van der Waals surface area contributed by atoms with Crippen LogP contribution in [0.15, 0.2) is 18.3 Å². The summed E-state index contributed by atoms with van der Waals surface area (Å²) in [7, 11) is 1.39. The Labute approximate surface area is 104 Å². The summed E-state index contributed by atoms with van der Waals surface area (Å²) in [5.41, 5.74) is 6.23. The highest BCUT2D eigenvalue weighted by Crippen LogP contribution is 2.07. The topological polar surface area (TPSA) is 115 Å². The van der Waals surface area contributed by atoms with E-state index in [1.54, 1.807) is 6.07 Å². The van der Waals surface area contributed by atoms with Gasteiger partial charge in [0.05, 0.1) is 24.0 Å². The van der Waals surface area contributed by atoms with E-state index in [-0.39, 0.29) is 18.9 Å². The predicted molar refractivity (Wildman–Crippen MR) is 64.1 cm³/mol. The fourth-order valence-corrected chi connectivity index (χ4v) is 1.29. The van der Waals surface area contributed by atoms with Crippen molar-refractivity contribution in [1.29, 1.82) is 0 Å². The van der Waals surface area contributed by atoms with Crippen LogP contribution >= 0.6 is 0 Å². The number of hydrogen-bond donors (Lipinski definition) is 3. The highest BCUT2D eigenvalue weighted by Gasteiger charge is 2.15. The van der Waals surface area contributed by atoms with Gasteiger partial charge in [-0.05, 0) is 12.1 Å². The fraction of sp³-hybridized carbons (Fsp3) is 0.364. The van der Waals surface area contributed by atoms with Crippen molar-refractivity contribution in [1.82, 2.24) is 4.98 Å². The Balaban J connectivity index is 2.63. The molecule has 7 heteroatoms. The number of carboxylic acid groups (broad SMARTS) is 1. The van der Waals surface area contributed by atoms with Gasteiger partial charge < -0.3 is 20.9 Å². The van der Waals surface area contributed by atoms with Crippen LogP contribution in [0.4, 0.5) is 5.69 Å². The highest BCUT2D eigenvalue weighted by molar-refractivity contribution is 5.94. The molecule has 0 fully saturated rings. The molecule has 0 radical (unpaired) electrons. The maximum atomic E-state index is 11.6. The van der Waals surface area contributed by atoms with Crippen LogP contribution in [-0.4, -0.2) is 41.7 Å². The number of hydrogen-bond acceptors (Lipinski definition) is 5. The molecule has 0 aromatic carbocycles. The molecule has 98 valence electrons. The van der Waals surface area contributed by atoms with E-state index in [9.17, 15) is 9.59 Å². The Bertz CT molecular complexity index is 415. The van der Waals surface area contributed by atoms with Crippen LogP contribution in [0.25, 0.3) is 0 Å². The summed E-state index contributed by atoms with van der Waals surface area (Å²) in [6, 6.07) is 3.11. The number of carboxylic acids is 1. The van der Waals surface area contributed by atoms with Gasteiger partial charge in [-0.2, -0.15) is 0 Å². The van der Waals surface area contributed by atoms with Crippen molar-refractivity contribution in [3.05, 3.63) is 24.0 Å². The van der Waals surface area contributed by atoms with Gasteiger partial charge in [-0.15, -0.1) is 0 Å². The second-order valence-electron chi connectivity index (χ2n) is 3.56. The fourth-order valence-electron chi connectivity index (χ4n) is 1.29. The number of nitrogens with two attached hydrogens (primary N) is 1. The van der Waals surface area contributed by atoms with E-state index in [4.69, 9.17) is 15.6 Å². The molecule has 0 saturated heterocycles. The molecule has 0 spiro atoms. The maximum Gasteiger partial charge on any atom is 0.309 e. The average molecular weight is 253 g/mol. The lowest BCUT2D eigenvalue weighted by atomic mass is 10.2. The van der Waals surface area contributed by atoms with E-state index in [0.717, 1.165) is 0 Å². The zero-order chi connectivity index (χ0) is 13.5. The largest absolute Gasteiger partial charge is 0.481 e. The van der Waals surface area contributed by atoms with Gasteiger partial charge in [0, 0.05) is 13.7 Å². The van der Waals surface area contributed by atoms with Crippen LogP contribution in [0, 0.1) is 0 Å². The normalized spacial score (nSPS) is 11.9. The van der Waals surface area contributed by atoms with E-state index in [0.29, 0.717) is 11.4 Å². The van der Waals surface area contributed by atoms with Crippen LogP contribution in [0.1, 0.15) is 5.69 Å². The number of amides is 1. The van der Waals surface area contributed by atoms with Crippen LogP contribution in [0.3, 0.4) is 0 Å². The third kappa shape index (κ3) is 4.11. The predicted octanol–water partition coefficient (Wildman–Crippen LogP) is -0.379. The third-order valence-corrected chi connectivity index (χ3v) is 2.22. The minimum absolute atomic E-state index is 0.0762. The summed E-state index contributed by atoms with van der Waals surface area (Å²) in [4.78, 5) is 26.0. The molecule has 18 heavy (non-hydrogen) atoms. The molecule has 1 atom stereocenters. The summed E-state index contributed by atoms with van der Waals surface area (Å²) in [5.74, 6) is -1.32. The number of nitrogens with zero attached hydrogens (tertiary/aromatic N) is 1. The molecule has 0 aliphatic heterocycles. The van der Waals surface area contributed by atoms with Gasteiger partial charge in [-0.1, -0.05) is 0 Å². The number of pyridine rings is 1. The van der Waals surface area contributed by atoms with Crippen molar-refractivity contribution in [3.63, 3.8) is 0 Å². The summed E-state index contributed by atoms with van der Waals surface area (Å²) >= 11 is 0. The summed E-state index contributed by atoms with van der Waals surface area (Å²) in [5, 5.41) is 11.1. The summed E-state index contributed by atoms with van der Waals surface area (Å²) < 4.78 is 4.87. The number of aliphatic carboxylic acids is 1. The number of anilines is 1. The first-order valence-electron chi connectivity index (χ1n) is 5.27. The van der Waals surface area contributed by atoms with E-state index >= 15 is 0 Å². The first-order chi connectivity index (χ1) is 8.56. The monoisotopic (exact) mass is 253 g/mol. The number of ether oxygens (including phenoxy) is 1. The Morgan fingerprint density at radius 2 is 2.28 bits per heavy atom. The van der Waals surface area contributed by atoms with Gasteiger partial charge in [0.1, 0.15) is 6.10 Å². The maximum absolute atomic E-state index is 11.6. The Kier molecular flexibility index (Phi) is 5.22. The first kappa shape index (κ1) is 14.1. The first-order valence-corrected chi connectivity index (χ1v) is 5.27. The highest BCUT2D eigenvalue weighted by atomic mass is 16.5. The molecule has 0 aliphatic carbocycles. The second-order valence-corrected chi connectivity index (χ2v) is 3.56. The van der Waals surface area contributed by atoms with Crippen molar-refractivity contribution < 1.29 is 19.4 Å². The molecular formula is C11H15N3O4. The molecule has 1 rings (SSSR count). The zero-order valence-corrected chi connectivity index (χ0v) is 9.92. The van der Waals surface area contributed by atoms with Crippen molar-refractivity contribution in [2.45, 2.75) is 12.5 Å². The summed E-state index contributed by atoms with van der Waals surface area (Å²) in [6.07, 6.45) is 0.514. The number of carbonyl (C=O) groups excluding carboxylic acids is 1. The van der Waals surface area contributed by atoms with Crippen LogP contribution in [-0.2, 0) is 20.7 Å². The number of rotatable bonds is 6. The standard InChI is InChI=1S/C11H15N3O4/c1-18-9(5-12)11(17)14-8-3-2-7(13-6-8)4-10(15)16/h2-3,6,9H,4-5,12H2,1H3,(H,14,17)(H,15,16). The van der Waals surface area contributed by atoms with Gasteiger partial charge in [-0.25, -0.2) is 0 Å². The minimum atomic E-state index is -0.957. The molecule has 1 amide bonds. The lowest BCUT2D eigenvalue weighted by molar-refractivity contribution is -0.136. The Morgan fingerprint density at radius 3 is 2.72 bits per heavy atom. The molecule has 1 aromatic heterocycles. The lowest BCUT2D eigenvalue weighted by Crippen LogP contribution is -2.35. The van der Waals surface area contributed by atoms with E-state index < -0.39 is 12.1 Å². The number of carbonyl (C=O) groups is 2. The lowest BCUT2D eigenvalue weighted by Gasteiger charge is -2.12. The average Bonchev–Trinajstić information content (AvgIpc) is 2.32. The number of nitrogens with one attached hydrogen (secondary N) is 1. The molecule has 7 nitrogen and oxygen atoms in total. The van der Waals surface area contributed by atoms with E-state index in [1.165, 1.54) is 19.4 Å². The smallest absolute Gasteiger partial charge is 0.309 e. The molecule has 4 N–H and O–H groups in total. The van der Waals surface area contributed by atoms with Crippen molar-refractivity contribution >= 4 is 17.6 Å². The summed E-state index contributed by atoms with van der Waals surface area (Å²) in [6.45, 7) is 0.0762. The molecule has 1 heterocycles. The van der Waals surface area contributed by atoms with Gasteiger partial charge >= 0.3 is 5.97 Å². The SMILES string of the molecule is COC(CN)C(=O)Nc1ccc(CC(=O)O)nc1. The minimum Gasteiger partial charge on any atom is -0.481 e. The van der Waals surface area contributed by atoms with Gasteiger partial charge in [-0.3, -0.25) is 14.6 Å². The second kappa shape index (κ2) is 6.67. The molecule has 1 aromatic rings. The van der Waals surface area contributed by atoms with Crippen LogP contribution in [0.2, 0.25) is 0 Å². The molecular weight excluding hydrogens is 238 g/mol. The Morgan fingerprint density at radius 1 is 1.56 bits per heavy atom. The van der Waals surface area contributed by atoms with Gasteiger partial charge in [0.25, 0.3) is 5.91 Å². The van der Waals surface area contributed by atoms with E-state index in [1.807, 2.05) is 0 Å². The third-order valence-electron chi connectivity index (χ3n) is 2.22. The Hall–Kier alpha value is -1.99. The van der Waals surface area contributed by atoms with E-state index in [2.05, 4.69) is 10.3 Å². The van der Waals surface area contributed by atoms with Crippen molar-refractivity contribution in [2.75, 3.05) is 19.0 Å². The van der Waals surface area contributed by atoms with Crippen LogP contribution < -0.4 is 11.1 Å². The molecule has 1 unspecified atom stereocenters. The van der Waals surface area contributed by atoms with Crippen molar-refractivity contribution in [2.24, 2.45) is 5.73 Å². The molecule has 0 bridgehead atoms. The quantitative estimate of drug-likeness (QED) is 0.636.